The highest BCUT2D eigenvalue weighted by molar-refractivity contribution is 6.30. The molecular weight excluding hydrogens is 328 g/mol. The Morgan fingerprint density at radius 2 is 1.88 bits per heavy atom. The van der Waals surface area contributed by atoms with E-state index in [0.29, 0.717) is 19.0 Å². The monoisotopic (exact) mass is 346 g/mol. The van der Waals surface area contributed by atoms with Gasteiger partial charge in [-0.25, -0.2) is 0 Å². The highest BCUT2D eigenvalue weighted by Crippen LogP contribution is 2.32. The lowest BCUT2D eigenvalue weighted by Crippen LogP contribution is -2.37. The first kappa shape index (κ1) is 18.0. The molecule has 0 spiro atoms. The Labute approximate surface area is 145 Å². The Morgan fingerprint density at radius 3 is 2.50 bits per heavy atom. The number of hydrogen-bond donors (Lipinski definition) is 2. The normalized spacial score (nSPS) is 19.7. The molecule has 3 N–H and O–H groups in total. The minimum Gasteiger partial charge on any atom is -0.483 e. The van der Waals surface area contributed by atoms with Crippen molar-refractivity contribution >= 4 is 23.9 Å². The molecule has 0 amide bonds. The van der Waals surface area contributed by atoms with Crippen molar-refractivity contribution in [1.29, 1.82) is 0 Å². The Bertz CT molecular complexity index is 749. The van der Waals surface area contributed by atoms with Crippen LogP contribution in [-0.2, 0) is 15.1 Å². The lowest BCUT2D eigenvalue weighted by atomic mass is 9.90. The number of benzene rings is 2. The van der Waals surface area contributed by atoms with Gasteiger partial charge < -0.3 is 15.6 Å². The van der Waals surface area contributed by atoms with Crippen molar-refractivity contribution < 1.29 is 14.6 Å². The maximum absolute atomic E-state index is 8.36. The van der Waals surface area contributed by atoms with Crippen molar-refractivity contribution in [3.63, 3.8) is 0 Å². The highest BCUT2D eigenvalue weighted by Gasteiger charge is 2.30. The van der Waals surface area contributed by atoms with Gasteiger partial charge in [-0.05, 0) is 41.8 Å². The van der Waals surface area contributed by atoms with Crippen molar-refractivity contribution in [2.45, 2.75) is 12.5 Å². The van der Waals surface area contributed by atoms with Crippen LogP contribution in [0.15, 0.2) is 53.5 Å². The molecule has 3 rings (SSSR count). The molecule has 0 radical (unpaired) electrons. The van der Waals surface area contributed by atoms with Gasteiger partial charge in [0.15, 0.2) is 0 Å². The number of amidine groups is 1. The molecule has 1 atom stereocenters. The third kappa shape index (κ3) is 4.34. The van der Waals surface area contributed by atoms with Gasteiger partial charge in [0.25, 0.3) is 6.47 Å². The molecule has 2 aromatic rings. The fourth-order valence-electron chi connectivity index (χ4n) is 2.59. The van der Waals surface area contributed by atoms with Crippen LogP contribution >= 0.6 is 11.6 Å². The largest absolute Gasteiger partial charge is 0.483 e. The van der Waals surface area contributed by atoms with Crippen molar-refractivity contribution in [3.05, 3.63) is 59.1 Å². The fourth-order valence-corrected chi connectivity index (χ4v) is 2.78. The fraction of sp³-hybridized carbons (Fsp3) is 0.222. The van der Waals surface area contributed by atoms with E-state index in [4.69, 9.17) is 32.0 Å². The van der Waals surface area contributed by atoms with Gasteiger partial charge in [0.1, 0.15) is 18.0 Å². The lowest BCUT2D eigenvalue weighted by molar-refractivity contribution is -0.122. The maximum atomic E-state index is 8.36. The van der Waals surface area contributed by atoms with Crippen LogP contribution in [0.1, 0.15) is 12.5 Å². The first-order valence-electron chi connectivity index (χ1n) is 7.35. The second kappa shape index (κ2) is 7.95. The van der Waals surface area contributed by atoms with Gasteiger partial charge in [0.2, 0.25) is 0 Å². The third-order valence-electron chi connectivity index (χ3n) is 3.67. The minimum absolute atomic E-state index is 0.250. The second-order valence-corrected chi connectivity index (χ2v) is 6.00. The van der Waals surface area contributed by atoms with E-state index in [0.717, 1.165) is 21.7 Å². The number of hydrogen-bond acceptors (Lipinski definition) is 4. The molecule has 0 aromatic heterocycles. The highest BCUT2D eigenvalue weighted by atomic mass is 35.5. The van der Waals surface area contributed by atoms with Crippen LogP contribution in [0.25, 0.3) is 11.1 Å². The average molecular weight is 347 g/mol. The van der Waals surface area contributed by atoms with Crippen molar-refractivity contribution in [1.82, 2.24) is 0 Å². The van der Waals surface area contributed by atoms with Gasteiger partial charge in [-0.1, -0.05) is 41.9 Å². The van der Waals surface area contributed by atoms with Gasteiger partial charge in [0, 0.05) is 5.02 Å². The van der Waals surface area contributed by atoms with Crippen LogP contribution in [0.5, 0.6) is 0 Å². The summed E-state index contributed by atoms with van der Waals surface area (Å²) in [6, 6.07) is 16.1. The third-order valence-corrected chi connectivity index (χ3v) is 3.90. The second-order valence-electron chi connectivity index (χ2n) is 5.57. The van der Waals surface area contributed by atoms with Crippen LogP contribution in [0.4, 0.5) is 0 Å². The van der Waals surface area contributed by atoms with E-state index in [1.165, 1.54) is 0 Å². The number of nitrogens with two attached hydrogens (primary N) is 1. The molecule has 6 heteroatoms. The zero-order chi connectivity index (χ0) is 17.6. The van der Waals surface area contributed by atoms with Crippen LogP contribution in [0, 0.1) is 0 Å². The van der Waals surface area contributed by atoms with E-state index in [-0.39, 0.29) is 6.47 Å². The summed E-state index contributed by atoms with van der Waals surface area (Å²) < 4.78 is 5.54. The maximum Gasteiger partial charge on any atom is 0.290 e. The molecule has 24 heavy (non-hydrogen) atoms. The number of carboxylic acid groups (broad SMARTS) is 1. The number of ether oxygens (including phenoxy) is 1. The minimum atomic E-state index is -0.434. The smallest absolute Gasteiger partial charge is 0.290 e. The molecule has 0 aliphatic carbocycles. The van der Waals surface area contributed by atoms with Gasteiger partial charge in [-0.2, -0.15) is 0 Å². The number of nitrogens with zero attached hydrogens (tertiary/aromatic N) is 1. The number of carbonyl (C=O) groups is 1. The molecular formula is C18H19ClN2O3. The molecule has 1 aliphatic rings. The molecule has 0 bridgehead atoms. The molecule has 126 valence electrons. The van der Waals surface area contributed by atoms with E-state index in [9.17, 15) is 0 Å². The summed E-state index contributed by atoms with van der Waals surface area (Å²) in [6.45, 7) is 2.73. The molecule has 1 heterocycles. The van der Waals surface area contributed by atoms with Crippen LogP contribution in [-0.4, -0.2) is 30.6 Å². The molecule has 0 fully saturated rings. The Kier molecular flexibility index (Phi) is 5.95. The quantitative estimate of drug-likeness (QED) is 0.817. The van der Waals surface area contributed by atoms with E-state index in [2.05, 4.69) is 23.2 Å². The number of aliphatic imine (C=N–C) groups is 1. The summed E-state index contributed by atoms with van der Waals surface area (Å²) in [6.07, 6.45) is 0. The van der Waals surface area contributed by atoms with E-state index < -0.39 is 5.54 Å². The predicted octanol–water partition coefficient (Wildman–Crippen LogP) is 3.31. The van der Waals surface area contributed by atoms with E-state index in [1.54, 1.807) is 0 Å². The Balaban J connectivity index is 0.000000647. The zero-order valence-electron chi connectivity index (χ0n) is 13.3. The molecule has 5 nitrogen and oxygen atoms in total. The summed E-state index contributed by atoms with van der Waals surface area (Å²) in [7, 11) is 0. The van der Waals surface area contributed by atoms with Crippen LogP contribution in [0.3, 0.4) is 0 Å². The van der Waals surface area contributed by atoms with Crippen molar-refractivity contribution in [3.8, 4) is 11.1 Å². The summed E-state index contributed by atoms with van der Waals surface area (Å²) in [4.78, 5) is 12.9. The number of halogens is 1. The molecule has 1 unspecified atom stereocenters. The van der Waals surface area contributed by atoms with E-state index in [1.807, 2.05) is 37.3 Å². The first-order valence-corrected chi connectivity index (χ1v) is 7.72. The lowest BCUT2D eigenvalue weighted by Gasteiger charge is -2.30. The van der Waals surface area contributed by atoms with Crippen molar-refractivity contribution in [2.24, 2.45) is 10.7 Å². The molecule has 2 aromatic carbocycles. The van der Waals surface area contributed by atoms with Gasteiger partial charge in [-0.3, -0.25) is 9.79 Å². The number of rotatable bonds is 2. The Morgan fingerprint density at radius 1 is 1.25 bits per heavy atom. The summed E-state index contributed by atoms with van der Waals surface area (Å²) >= 11 is 6.07. The summed E-state index contributed by atoms with van der Waals surface area (Å²) in [5.74, 6) is 0.539. The topological polar surface area (TPSA) is 84.9 Å². The SMILES string of the molecule is CC1(c2cccc(-c3cccc(Cl)c3)c2)COCC(N)=N1.O=CO. The summed E-state index contributed by atoms with van der Waals surface area (Å²) in [5, 5.41) is 7.62. The van der Waals surface area contributed by atoms with Gasteiger partial charge >= 0.3 is 0 Å². The molecule has 0 saturated carbocycles. The van der Waals surface area contributed by atoms with Gasteiger partial charge in [-0.15, -0.1) is 0 Å². The van der Waals surface area contributed by atoms with Gasteiger partial charge in [0.05, 0.1) is 6.61 Å². The van der Waals surface area contributed by atoms with Crippen LogP contribution < -0.4 is 5.73 Å². The molecule has 0 saturated heterocycles. The average Bonchev–Trinajstić information content (AvgIpc) is 2.56. The summed E-state index contributed by atoms with van der Waals surface area (Å²) in [5.41, 5.74) is 8.67. The van der Waals surface area contributed by atoms with Crippen molar-refractivity contribution in [2.75, 3.05) is 13.2 Å². The predicted molar refractivity (Wildman–Crippen MR) is 95.4 cm³/mol. The Hall–Kier alpha value is -2.37. The van der Waals surface area contributed by atoms with Crippen LogP contribution in [0.2, 0.25) is 5.02 Å². The standard InChI is InChI=1S/C17H17ClN2O.CH2O2/c1-17(11-21-10-16(19)20-17)14-6-2-4-12(8-14)13-5-3-7-15(18)9-13;2-1-3/h2-9H,10-11H2,1H3,(H2,19,20);1H,(H,2,3). The first-order chi connectivity index (χ1) is 11.5. The zero-order valence-corrected chi connectivity index (χ0v) is 14.0. The van der Waals surface area contributed by atoms with E-state index >= 15 is 0 Å². The molecule has 1 aliphatic heterocycles.